The summed E-state index contributed by atoms with van der Waals surface area (Å²) in [5.41, 5.74) is 8.19. The first-order chi connectivity index (χ1) is 21.3. The van der Waals surface area contributed by atoms with Crippen LogP contribution in [0.3, 0.4) is 0 Å². The number of para-hydroxylation sites is 4. The number of ether oxygens (including phenoxy) is 1. The van der Waals surface area contributed by atoms with Gasteiger partial charge in [-0.25, -0.2) is 0 Å². The number of anilines is 4. The van der Waals surface area contributed by atoms with Crippen LogP contribution in [-0.2, 0) is 29.7 Å². The van der Waals surface area contributed by atoms with Crippen molar-refractivity contribution in [3.8, 4) is 11.5 Å². The van der Waals surface area contributed by atoms with Crippen LogP contribution in [-0.4, -0.2) is 20.4 Å². The van der Waals surface area contributed by atoms with E-state index in [1.807, 2.05) is 0 Å². The molecule has 2 aliphatic carbocycles. The molecule has 4 aromatic rings. The molecule has 2 fully saturated rings. The predicted molar refractivity (Wildman–Crippen MR) is 171 cm³/mol. The Morgan fingerprint density at radius 2 is 1.28 bits per heavy atom. The van der Waals surface area contributed by atoms with Gasteiger partial charge in [-0.15, -0.1) is 0 Å². The molecule has 0 saturated heterocycles. The third kappa shape index (κ3) is 3.43. The van der Waals surface area contributed by atoms with Crippen molar-refractivity contribution in [1.29, 1.82) is 0 Å². The maximum absolute atomic E-state index is 6.62. The maximum atomic E-state index is 6.62. The van der Waals surface area contributed by atoms with E-state index in [9.17, 15) is 0 Å². The summed E-state index contributed by atoms with van der Waals surface area (Å²) in [6, 6.07) is 37.3. The molecular weight excluding hydrogens is 712 g/mol. The molecule has 2 unspecified atom stereocenters. The normalized spacial score (nSPS) is 24.2. The summed E-state index contributed by atoms with van der Waals surface area (Å²) in [5, 5.41) is 0. The molecule has 218 valence electrons. The molecule has 2 saturated carbocycles. The second kappa shape index (κ2) is 9.16. The Hall–Kier alpha value is -3.69. The summed E-state index contributed by atoms with van der Waals surface area (Å²) in [7, 11) is 0. The van der Waals surface area contributed by atoms with Gasteiger partial charge in [-0.1, -0.05) is 0 Å². The molecule has 4 heterocycles. The summed E-state index contributed by atoms with van der Waals surface area (Å²) in [6.07, 6.45) is 8.59. The van der Waals surface area contributed by atoms with Gasteiger partial charge in [0.25, 0.3) is 0 Å². The second-order valence-corrected chi connectivity index (χ2v) is 15.4. The Labute approximate surface area is 260 Å². The standard InChI is InChI=1S/C37H34N4O.Pt/c1-2-15-32-31(14-1)38-24-27-10-7-12-29(22-27)42-30-13-8-11-28(23-30)37(20-5-6-21-37)41-26-40(35-16-3-4-17-36(35)41)34-19-9-18-33(34)39(32)25-38;/h1-4,7-8,10-17,22-23,33-34H,5-6,9,18-21,24H2;. The van der Waals surface area contributed by atoms with Gasteiger partial charge in [-0.05, 0) is 0 Å². The molecule has 0 aromatic heterocycles. The van der Waals surface area contributed by atoms with E-state index < -0.39 is 17.6 Å². The molecule has 0 amide bonds. The van der Waals surface area contributed by atoms with Crippen molar-refractivity contribution in [1.82, 2.24) is 0 Å². The van der Waals surface area contributed by atoms with Crippen molar-refractivity contribution in [3.05, 3.63) is 108 Å². The molecule has 43 heavy (non-hydrogen) atoms. The first-order valence-electron chi connectivity index (χ1n) is 15.8. The molecule has 4 aromatic carbocycles. The van der Waals surface area contributed by atoms with E-state index in [0.29, 0.717) is 12.1 Å². The van der Waals surface area contributed by atoms with Gasteiger partial charge >= 0.3 is 262 Å². The summed E-state index contributed by atoms with van der Waals surface area (Å²) in [5.74, 6) is 1.85. The zero-order valence-electron chi connectivity index (χ0n) is 24.1. The fourth-order valence-corrected chi connectivity index (χ4v) is 12.8. The summed E-state index contributed by atoms with van der Waals surface area (Å²) in [6.45, 7) is 0.850. The number of hydrogen-bond donors (Lipinski definition) is 0. The van der Waals surface area contributed by atoms with Gasteiger partial charge in [0.05, 0.1) is 0 Å². The monoisotopic (exact) mass is 745 g/mol. The van der Waals surface area contributed by atoms with Crippen LogP contribution in [0.15, 0.2) is 97.1 Å². The van der Waals surface area contributed by atoms with Crippen molar-refractivity contribution >= 4 is 31.0 Å². The Bertz CT molecular complexity index is 1870. The first kappa shape index (κ1) is 24.7. The number of nitrogens with zero attached hydrogens (tertiary/aromatic N) is 4. The molecule has 6 heteroatoms. The molecule has 0 radical (unpaired) electrons. The topological polar surface area (TPSA) is 22.2 Å². The first-order valence-corrected chi connectivity index (χ1v) is 18.1. The van der Waals surface area contributed by atoms with E-state index in [1.165, 1.54) is 78.8 Å². The minimum atomic E-state index is -0.546. The number of rotatable bonds is 0. The number of benzene rings is 4. The molecule has 5 nitrogen and oxygen atoms in total. The Kier molecular flexibility index (Phi) is 5.26. The van der Waals surface area contributed by atoms with Crippen LogP contribution in [0.5, 0.6) is 11.5 Å². The van der Waals surface area contributed by atoms with Crippen LogP contribution >= 0.6 is 0 Å². The van der Waals surface area contributed by atoms with E-state index in [0.717, 1.165) is 18.0 Å². The SMILES string of the molecule is c1cc2cc(c1)Oc1cccc(c1)C1(CCCC1)N1[C]3=[Pt]=[C]4N(C2)c2ccccc2N4C2CCCC2N3c2ccccc21. The Morgan fingerprint density at radius 3 is 2.07 bits per heavy atom. The van der Waals surface area contributed by atoms with E-state index in [2.05, 4.69) is 117 Å². The molecule has 0 N–H and O–H groups in total. The number of fused-ring (bicyclic) bond motifs is 15. The second-order valence-electron chi connectivity index (χ2n) is 12.8. The molecular formula is C37H34N4OPt. The zero-order chi connectivity index (χ0) is 28.1. The van der Waals surface area contributed by atoms with E-state index in [1.54, 1.807) is 8.29 Å². The van der Waals surface area contributed by atoms with Gasteiger partial charge in [-0.3, -0.25) is 0 Å². The summed E-state index contributed by atoms with van der Waals surface area (Å²) < 4.78 is 9.74. The van der Waals surface area contributed by atoms with Crippen LogP contribution in [0.2, 0.25) is 0 Å². The van der Waals surface area contributed by atoms with Crippen LogP contribution in [0, 0.1) is 0 Å². The Morgan fingerprint density at radius 1 is 0.628 bits per heavy atom. The molecule has 6 bridgehead atoms. The quantitative estimate of drug-likeness (QED) is 0.185. The molecule has 10 rings (SSSR count). The van der Waals surface area contributed by atoms with Crippen LogP contribution in [0.1, 0.15) is 56.1 Å². The average Bonchev–Trinajstić information content (AvgIpc) is 3.81. The Balaban J connectivity index is 1.32. The van der Waals surface area contributed by atoms with Crippen molar-refractivity contribution in [2.75, 3.05) is 19.6 Å². The van der Waals surface area contributed by atoms with Gasteiger partial charge < -0.3 is 0 Å². The van der Waals surface area contributed by atoms with E-state index in [4.69, 9.17) is 4.74 Å². The number of hydrogen-bond acceptors (Lipinski definition) is 5. The van der Waals surface area contributed by atoms with E-state index in [-0.39, 0.29) is 5.54 Å². The van der Waals surface area contributed by atoms with Crippen molar-refractivity contribution in [2.45, 2.75) is 69.1 Å². The van der Waals surface area contributed by atoms with Crippen LogP contribution in [0.25, 0.3) is 0 Å². The van der Waals surface area contributed by atoms with Gasteiger partial charge in [0, 0.05) is 0 Å². The summed E-state index contributed by atoms with van der Waals surface area (Å²) >= 11 is -0.546. The predicted octanol–water partition coefficient (Wildman–Crippen LogP) is 7.61. The third-order valence-electron chi connectivity index (χ3n) is 10.5. The minimum absolute atomic E-state index is 0.0777. The molecule has 2 atom stereocenters. The van der Waals surface area contributed by atoms with Crippen LogP contribution < -0.4 is 24.3 Å². The fraction of sp³-hybridized carbons (Fsp3) is 0.297. The van der Waals surface area contributed by atoms with Gasteiger partial charge in [0.1, 0.15) is 0 Å². The molecule has 1 spiro atoms. The fourth-order valence-electron chi connectivity index (χ4n) is 8.73. The zero-order valence-corrected chi connectivity index (χ0v) is 26.3. The van der Waals surface area contributed by atoms with Crippen molar-refractivity contribution in [2.24, 2.45) is 0 Å². The summed E-state index contributed by atoms with van der Waals surface area (Å²) in [4.78, 5) is 11.2. The van der Waals surface area contributed by atoms with Crippen molar-refractivity contribution in [3.63, 3.8) is 0 Å². The van der Waals surface area contributed by atoms with Crippen LogP contribution in [0.4, 0.5) is 22.7 Å². The van der Waals surface area contributed by atoms with Crippen molar-refractivity contribution < 1.29 is 22.4 Å². The van der Waals surface area contributed by atoms with Gasteiger partial charge in [-0.2, -0.15) is 0 Å². The third-order valence-corrected chi connectivity index (χ3v) is 13.7. The van der Waals surface area contributed by atoms with Gasteiger partial charge in [0.2, 0.25) is 0 Å². The average molecular weight is 746 g/mol. The molecule has 4 aliphatic heterocycles. The molecule has 6 aliphatic rings. The van der Waals surface area contributed by atoms with E-state index >= 15 is 0 Å². The van der Waals surface area contributed by atoms with Gasteiger partial charge in [0.15, 0.2) is 0 Å².